The molecule has 2 fully saturated rings. The van der Waals surface area contributed by atoms with Crippen LogP contribution in [0.25, 0.3) is 0 Å². The summed E-state index contributed by atoms with van der Waals surface area (Å²) in [4.78, 5) is 12.0. The van der Waals surface area contributed by atoms with E-state index >= 15 is 0 Å². The van der Waals surface area contributed by atoms with Gasteiger partial charge in [0.2, 0.25) is 5.91 Å². The van der Waals surface area contributed by atoms with Crippen LogP contribution in [0.4, 0.5) is 0 Å². The second-order valence-electron chi connectivity index (χ2n) is 5.85. The third kappa shape index (κ3) is 3.45. The van der Waals surface area contributed by atoms with E-state index in [0.717, 1.165) is 32.3 Å². The molecule has 2 rings (SSSR count). The monoisotopic (exact) mass is 255 g/mol. The third-order valence-corrected chi connectivity index (χ3v) is 4.42. The molecular formula is C14H25NO3. The van der Waals surface area contributed by atoms with E-state index in [1.165, 1.54) is 19.3 Å². The highest BCUT2D eigenvalue weighted by Crippen LogP contribution is 2.35. The number of hydrogen-bond donors (Lipinski definition) is 2. The molecule has 1 aliphatic carbocycles. The number of carbonyl (C=O) groups is 1. The molecule has 2 aliphatic rings. The van der Waals surface area contributed by atoms with Gasteiger partial charge in [-0.05, 0) is 25.7 Å². The Morgan fingerprint density at radius 3 is 2.67 bits per heavy atom. The zero-order valence-electron chi connectivity index (χ0n) is 11.1. The molecule has 1 saturated carbocycles. The Morgan fingerprint density at radius 2 is 2.06 bits per heavy atom. The van der Waals surface area contributed by atoms with Gasteiger partial charge in [0, 0.05) is 18.6 Å². The number of nitrogens with one attached hydrogen (secondary N) is 1. The number of aliphatic hydroxyl groups excluding tert-OH is 1. The summed E-state index contributed by atoms with van der Waals surface area (Å²) >= 11 is 0. The molecule has 1 amide bonds. The number of ether oxygens (including phenoxy) is 1. The fourth-order valence-electron chi connectivity index (χ4n) is 3.06. The van der Waals surface area contributed by atoms with Crippen molar-refractivity contribution in [2.45, 2.75) is 44.9 Å². The molecule has 4 heteroatoms. The standard InChI is InChI=1S/C14H25NO3/c16-11-14(6-2-1-3-7-14)10-15-13(17)12-5-4-8-18-9-12/h12,16H,1-11H2,(H,15,17). The molecule has 0 aromatic heterocycles. The molecule has 0 spiro atoms. The predicted octanol–water partition coefficient (Wildman–Crippen LogP) is 1.47. The summed E-state index contributed by atoms with van der Waals surface area (Å²) in [5.74, 6) is 0.117. The average molecular weight is 255 g/mol. The van der Waals surface area contributed by atoms with Gasteiger partial charge in [0.05, 0.1) is 19.1 Å². The quantitative estimate of drug-likeness (QED) is 0.800. The Morgan fingerprint density at radius 1 is 1.28 bits per heavy atom. The normalized spacial score (nSPS) is 27.7. The molecule has 0 aromatic rings. The van der Waals surface area contributed by atoms with Crippen molar-refractivity contribution in [2.75, 3.05) is 26.4 Å². The number of aliphatic hydroxyl groups is 1. The van der Waals surface area contributed by atoms with Crippen LogP contribution >= 0.6 is 0 Å². The molecule has 1 saturated heterocycles. The molecule has 4 nitrogen and oxygen atoms in total. The number of rotatable bonds is 4. The minimum absolute atomic E-state index is 0.0121. The predicted molar refractivity (Wildman–Crippen MR) is 69.2 cm³/mol. The van der Waals surface area contributed by atoms with Crippen molar-refractivity contribution >= 4 is 5.91 Å². The SMILES string of the molecule is O=C(NCC1(CO)CCCCC1)C1CCCOC1. The van der Waals surface area contributed by atoms with Gasteiger partial charge in [-0.3, -0.25) is 4.79 Å². The van der Waals surface area contributed by atoms with Crippen molar-refractivity contribution in [1.29, 1.82) is 0 Å². The first kappa shape index (κ1) is 13.8. The maximum atomic E-state index is 12.0. The third-order valence-electron chi connectivity index (χ3n) is 4.42. The highest BCUT2D eigenvalue weighted by Gasteiger charge is 2.32. The van der Waals surface area contributed by atoms with Gasteiger partial charge in [-0.25, -0.2) is 0 Å². The van der Waals surface area contributed by atoms with E-state index in [0.29, 0.717) is 13.2 Å². The van der Waals surface area contributed by atoms with Crippen LogP contribution in [0.5, 0.6) is 0 Å². The molecule has 0 aromatic carbocycles. The number of hydrogen-bond acceptors (Lipinski definition) is 3. The van der Waals surface area contributed by atoms with Crippen LogP contribution in [0.2, 0.25) is 0 Å². The summed E-state index contributed by atoms with van der Waals surface area (Å²) in [5.41, 5.74) is -0.0660. The summed E-state index contributed by atoms with van der Waals surface area (Å²) in [6, 6.07) is 0. The summed E-state index contributed by atoms with van der Waals surface area (Å²) in [7, 11) is 0. The van der Waals surface area contributed by atoms with Crippen molar-refractivity contribution in [3.8, 4) is 0 Å². The molecule has 1 heterocycles. The van der Waals surface area contributed by atoms with Gasteiger partial charge >= 0.3 is 0 Å². The molecule has 18 heavy (non-hydrogen) atoms. The van der Waals surface area contributed by atoms with E-state index in [2.05, 4.69) is 5.32 Å². The molecule has 1 atom stereocenters. The Kier molecular flexibility index (Phi) is 5.01. The first-order valence-corrected chi connectivity index (χ1v) is 7.22. The minimum Gasteiger partial charge on any atom is -0.396 e. The van der Waals surface area contributed by atoms with Crippen LogP contribution in [0, 0.1) is 11.3 Å². The minimum atomic E-state index is -0.0660. The summed E-state index contributed by atoms with van der Waals surface area (Å²) in [6.45, 7) is 2.15. The Bertz CT molecular complexity index is 268. The molecule has 1 unspecified atom stereocenters. The van der Waals surface area contributed by atoms with Gasteiger partial charge < -0.3 is 15.2 Å². The first-order valence-electron chi connectivity index (χ1n) is 7.22. The lowest BCUT2D eigenvalue weighted by molar-refractivity contribution is -0.129. The van der Waals surface area contributed by atoms with Gasteiger partial charge in [-0.1, -0.05) is 19.3 Å². The van der Waals surface area contributed by atoms with Gasteiger partial charge in [-0.2, -0.15) is 0 Å². The van der Waals surface area contributed by atoms with Crippen molar-refractivity contribution in [3.05, 3.63) is 0 Å². The molecule has 104 valence electrons. The zero-order valence-corrected chi connectivity index (χ0v) is 11.1. The van der Waals surface area contributed by atoms with Gasteiger partial charge in [0.15, 0.2) is 0 Å². The van der Waals surface area contributed by atoms with E-state index < -0.39 is 0 Å². The van der Waals surface area contributed by atoms with Crippen LogP contribution in [-0.2, 0) is 9.53 Å². The number of carbonyl (C=O) groups excluding carboxylic acids is 1. The van der Waals surface area contributed by atoms with Crippen molar-refractivity contribution < 1.29 is 14.6 Å². The highest BCUT2D eigenvalue weighted by molar-refractivity contribution is 5.78. The van der Waals surface area contributed by atoms with E-state index in [9.17, 15) is 9.90 Å². The Labute approximate surface area is 109 Å². The van der Waals surface area contributed by atoms with Crippen molar-refractivity contribution in [2.24, 2.45) is 11.3 Å². The van der Waals surface area contributed by atoms with Gasteiger partial charge in [-0.15, -0.1) is 0 Å². The molecular weight excluding hydrogens is 230 g/mol. The summed E-state index contributed by atoms with van der Waals surface area (Å²) < 4.78 is 5.34. The Hall–Kier alpha value is -0.610. The topological polar surface area (TPSA) is 58.6 Å². The van der Waals surface area contributed by atoms with Crippen molar-refractivity contribution in [3.63, 3.8) is 0 Å². The summed E-state index contributed by atoms with van der Waals surface area (Å²) in [5, 5.41) is 12.6. The van der Waals surface area contributed by atoms with Crippen LogP contribution in [-0.4, -0.2) is 37.4 Å². The lowest BCUT2D eigenvalue weighted by atomic mass is 9.74. The largest absolute Gasteiger partial charge is 0.396 e. The van der Waals surface area contributed by atoms with Crippen molar-refractivity contribution in [1.82, 2.24) is 5.32 Å². The van der Waals surface area contributed by atoms with E-state index in [4.69, 9.17) is 4.74 Å². The summed E-state index contributed by atoms with van der Waals surface area (Å²) in [6.07, 6.45) is 7.56. The van der Waals surface area contributed by atoms with Crippen LogP contribution in [0.3, 0.4) is 0 Å². The van der Waals surface area contributed by atoms with Crippen LogP contribution in [0.1, 0.15) is 44.9 Å². The highest BCUT2D eigenvalue weighted by atomic mass is 16.5. The van der Waals surface area contributed by atoms with Crippen LogP contribution in [0.15, 0.2) is 0 Å². The molecule has 0 radical (unpaired) electrons. The second-order valence-corrected chi connectivity index (χ2v) is 5.85. The second kappa shape index (κ2) is 6.53. The van der Waals surface area contributed by atoms with Crippen LogP contribution < -0.4 is 5.32 Å². The van der Waals surface area contributed by atoms with Gasteiger partial charge in [0.1, 0.15) is 0 Å². The van der Waals surface area contributed by atoms with Gasteiger partial charge in [0.25, 0.3) is 0 Å². The van der Waals surface area contributed by atoms with E-state index in [1.807, 2.05) is 0 Å². The maximum absolute atomic E-state index is 12.0. The Balaban J connectivity index is 1.79. The van der Waals surface area contributed by atoms with E-state index in [1.54, 1.807) is 0 Å². The first-order chi connectivity index (χ1) is 8.76. The lowest BCUT2D eigenvalue weighted by Gasteiger charge is -2.36. The molecule has 1 aliphatic heterocycles. The lowest BCUT2D eigenvalue weighted by Crippen LogP contribution is -2.44. The molecule has 0 bridgehead atoms. The fourth-order valence-corrected chi connectivity index (χ4v) is 3.06. The smallest absolute Gasteiger partial charge is 0.225 e. The zero-order chi connectivity index (χ0) is 12.8. The molecule has 2 N–H and O–H groups in total. The number of amides is 1. The maximum Gasteiger partial charge on any atom is 0.225 e. The fraction of sp³-hybridized carbons (Fsp3) is 0.929. The average Bonchev–Trinajstić information content (AvgIpc) is 2.47. The van der Waals surface area contributed by atoms with E-state index in [-0.39, 0.29) is 23.8 Å².